The molecule has 1 aliphatic rings. The molecule has 2 aromatic carbocycles. The lowest BCUT2D eigenvalue weighted by atomic mass is 9.63. The molecule has 25 heavy (non-hydrogen) atoms. The van der Waals surface area contributed by atoms with Crippen LogP contribution in [-0.2, 0) is 10.2 Å². The fourth-order valence-electron chi connectivity index (χ4n) is 3.53. The van der Waals surface area contributed by atoms with Crippen molar-refractivity contribution in [2.45, 2.75) is 37.6 Å². The van der Waals surface area contributed by atoms with E-state index < -0.39 is 5.41 Å². The second kappa shape index (κ2) is 5.99. The molecule has 0 aliphatic heterocycles. The van der Waals surface area contributed by atoms with Crippen molar-refractivity contribution < 1.29 is 9.18 Å². The summed E-state index contributed by atoms with van der Waals surface area (Å²) in [6, 6.07) is 13.9. The van der Waals surface area contributed by atoms with Crippen LogP contribution >= 0.6 is 0 Å². The average molecular weight is 337 g/mol. The van der Waals surface area contributed by atoms with Crippen molar-refractivity contribution in [3.63, 3.8) is 0 Å². The Kier molecular flexibility index (Phi) is 3.79. The van der Waals surface area contributed by atoms with Crippen LogP contribution in [0.15, 0.2) is 48.5 Å². The van der Waals surface area contributed by atoms with Crippen molar-refractivity contribution in [2.24, 2.45) is 0 Å². The van der Waals surface area contributed by atoms with Crippen LogP contribution in [0.3, 0.4) is 0 Å². The van der Waals surface area contributed by atoms with E-state index in [0.717, 1.165) is 41.7 Å². The number of carbonyl (C=O) groups excluding carboxylic acids is 1. The second-order valence-corrected chi connectivity index (χ2v) is 6.78. The lowest BCUT2D eigenvalue weighted by Gasteiger charge is -2.41. The number of imidazole rings is 1. The van der Waals surface area contributed by atoms with Crippen LogP contribution in [0, 0.1) is 5.82 Å². The van der Waals surface area contributed by atoms with Gasteiger partial charge in [-0.25, -0.2) is 9.37 Å². The topological polar surface area (TPSA) is 57.8 Å². The first-order valence-electron chi connectivity index (χ1n) is 8.60. The van der Waals surface area contributed by atoms with Gasteiger partial charge in [0.05, 0.1) is 22.5 Å². The van der Waals surface area contributed by atoms with Gasteiger partial charge in [0.25, 0.3) is 0 Å². The number of hydrogen-bond acceptors (Lipinski definition) is 2. The Hall–Kier alpha value is -2.69. The zero-order valence-corrected chi connectivity index (χ0v) is 14.1. The van der Waals surface area contributed by atoms with Gasteiger partial charge in [-0.3, -0.25) is 4.79 Å². The molecule has 5 heteroatoms. The molecular weight excluding hydrogens is 317 g/mol. The van der Waals surface area contributed by atoms with E-state index in [1.807, 2.05) is 31.2 Å². The third-order valence-corrected chi connectivity index (χ3v) is 5.20. The smallest absolute Gasteiger partial charge is 0.231 e. The second-order valence-electron chi connectivity index (χ2n) is 6.78. The maximum atomic E-state index is 13.2. The van der Waals surface area contributed by atoms with E-state index in [1.165, 1.54) is 12.1 Å². The first-order chi connectivity index (χ1) is 12.1. The molecule has 1 aliphatic carbocycles. The highest BCUT2D eigenvalue weighted by Crippen LogP contribution is 2.44. The van der Waals surface area contributed by atoms with E-state index in [4.69, 9.17) is 0 Å². The van der Waals surface area contributed by atoms with Crippen LogP contribution in [0.25, 0.3) is 11.0 Å². The lowest BCUT2D eigenvalue weighted by Crippen LogP contribution is -2.49. The van der Waals surface area contributed by atoms with Gasteiger partial charge in [0, 0.05) is 0 Å². The zero-order chi connectivity index (χ0) is 17.4. The predicted molar refractivity (Wildman–Crippen MR) is 94.6 cm³/mol. The Labute approximate surface area is 145 Å². The van der Waals surface area contributed by atoms with Crippen molar-refractivity contribution in [2.75, 3.05) is 0 Å². The number of carbonyl (C=O) groups is 1. The summed E-state index contributed by atoms with van der Waals surface area (Å²) in [6.07, 6.45) is 2.58. The van der Waals surface area contributed by atoms with E-state index >= 15 is 0 Å². The Morgan fingerprint density at radius 2 is 1.92 bits per heavy atom. The van der Waals surface area contributed by atoms with Crippen LogP contribution < -0.4 is 5.32 Å². The molecule has 0 spiro atoms. The van der Waals surface area contributed by atoms with Crippen molar-refractivity contribution in [3.8, 4) is 0 Å². The molecule has 1 fully saturated rings. The number of rotatable bonds is 4. The third-order valence-electron chi connectivity index (χ3n) is 5.20. The molecule has 4 nitrogen and oxygen atoms in total. The molecule has 4 rings (SSSR count). The van der Waals surface area contributed by atoms with Crippen LogP contribution in [0.4, 0.5) is 4.39 Å². The van der Waals surface area contributed by atoms with Crippen LogP contribution in [0.1, 0.15) is 43.6 Å². The number of aromatic amines is 1. The molecule has 1 atom stereocenters. The van der Waals surface area contributed by atoms with Crippen molar-refractivity contribution in [1.82, 2.24) is 15.3 Å². The minimum absolute atomic E-state index is 0.0154. The summed E-state index contributed by atoms with van der Waals surface area (Å²) < 4.78 is 13.2. The highest BCUT2D eigenvalue weighted by atomic mass is 19.1. The highest BCUT2D eigenvalue weighted by Gasteiger charge is 2.46. The van der Waals surface area contributed by atoms with Crippen LogP contribution in [-0.4, -0.2) is 15.9 Å². The molecule has 0 saturated heterocycles. The van der Waals surface area contributed by atoms with Gasteiger partial charge >= 0.3 is 0 Å². The van der Waals surface area contributed by atoms with Crippen molar-refractivity contribution in [1.29, 1.82) is 0 Å². The summed E-state index contributed by atoms with van der Waals surface area (Å²) in [5.74, 6) is 0.440. The van der Waals surface area contributed by atoms with E-state index in [1.54, 1.807) is 12.1 Å². The number of halogens is 1. The molecule has 0 radical (unpaired) electrons. The third kappa shape index (κ3) is 2.69. The number of amides is 1. The first kappa shape index (κ1) is 15.8. The molecule has 3 aromatic rings. The van der Waals surface area contributed by atoms with Crippen molar-refractivity contribution in [3.05, 3.63) is 65.7 Å². The fourth-order valence-corrected chi connectivity index (χ4v) is 3.53. The lowest BCUT2D eigenvalue weighted by molar-refractivity contribution is -0.130. The van der Waals surface area contributed by atoms with Gasteiger partial charge in [-0.15, -0.1) is 0 Å². The van der Waals surface area contributed by atoms with Gasteiger partial charge in [-0.05, 0) is 49.6 Å². The van der Waals surface area contributed by atoms with E-state index in [2.05, 4.69) is 15.3 Å². The average Bonchev–Trinajstić information content (AvgIpc) is 3.00. The molecule has 1 aromatic heterocycles. The SMILES string of the molecule is CC(NC(=O)C1(c2ccc(F)cc2)CCC1)c1nc2ccccc2[nH]1. The predicted octanol–water partition coefficient (Wildman–Crippen LogP) is 4.00. The number of benzene rings is 2. The monoisotopic (exact) mass is 337 g/mol. The van der Waals surface area contributed by atoms with E-state index in [0.29, 0.717) is 0 Å². The first-order valence-corrected chi connectivity index (χ1v) is 8.60. The molecule has 0 bridgehead atoms. The number of H-pyrrole nitrogens is 1. The highest BCUT2D eigenvalue weighted by molar-refractivity contribution is 5.89. The van der Waals surface area contributed by atoms with E-state index in [-0.39, 0.29) is 17.8 Å². The standard InChI is InChI=1S/C20H20FN3O/c1-13(18-23-16-5-2-3-6-17(16)24-18)22-19(25)20(11-4-12-20)14-7-9-15(21)10-8-14/h2-3,5-10,13H,4,11-12H2,1H3,(H,22,25)(H,23,24). The summed E-state index contributed by atoms with van der Waals surface area (Å²) in [7, 11) is 0. The number of fused-ring (bicyclic) bond motifs is 1. The molecule has 1 amide bonds. The molecule has 2 N–H and O–H groups in total. The maximum absolute atomic E-state index is 13.2. The minimum Gasteiger partial charge on any atom is -0.346 e. The summed E-state index contributed by atoms with van der Waals surface area (Å²) in [4.78, 5) is 20.8. The molecule has 1 saturated carbocycles. The Morgan fingerprint density at radius 3 is 2.56 bits per heavy atom. The van der Waals surface area contributed by atoms with Gasteiger partial charge in [0.1, 0.15) is 11.6 Å². The number of para-hydroxylation sites is 2. The Balaban J connectivity index is 1.56. The quantitative estimate of drug-likeness (QED) is 0.756. The Bertz CT molecular complexity index is 879. The summed E-state index contributed by atoms with van der Waals surface area (Å²) in [5, 5.41) is 3.09. The number of aromatic nitrogens is 2. The summed E-state index contributed by atoms with van der Waals surface area (Å²) in [6.45, 7) is 1.92. The largest absolute Gasteiger partial charge is 0.346 e. The number of hydrogen-bond donors (Lipinski definition) is 2. The van der Waals surface area contributed by atoms with Crippen LogP contribution in [0.5, 0.6) is 0 Å². The van der Waals surface area contributed by atoms with E-state index in [9.17, 15) is 9.18 Å². The molecule has 1 unspecified atom stereocenters. The maximum Gasteiger partial charge on any atom is 0.231 e. The molecular formula is C20H20FN3O. The fraction of sp³-hybridized carbons (Fsp3) is 0.300. The zero-order valence-electron chi connectivity index (χ0n) is 14.1. The molecule has 128 valence electrons. The summed E-state index contributed by atoms with van der Waals surface area (Å²) in [5.41, 5.74) is 2.17. The van der Waals surface area contributed by atoms with Gasteiger partial charge in [-0.1, -0.05) is 30.7 Å². The van der Waals surface area contributed by atoms with Gasteiger partial charge in [0.15, 0.2) is 0 Å². The summed E-state index contributed by atoms with van der Waals surface area (Å²) >= 11 is 0. The normalized spacial score (nSPS) is 17.0. The number of nitrogens with one attached hydrogen (secondary N) is 2. The number of nitrogens with zero attached hydrogens (tertiary/aromatic N) is 1. The van der Waals surface area contributed by atoms with Gasteiger partial charge in [-0.2, -0.15) is 0 Å². The molecule has 1 heterocycles. The minimum atomic E-state index is -0.548. The van der Waals surface area contributed by atoms with Crippen molar-refractivity contribution >= 4 is 16.9 Å². The Morgan fingerprint density at radius 1 is 1.20 bits per heavy atom. The van der Waals surface area contributed by atoms with Gasteiger partial charge < -0.3 is 10.3 Å². The van der Waals surface area contributed by atoms with Gasteiger partial charge in [0.2, 0.25) is 5.91 Å². The van der Waals surface area contributed by atoms with Crippen LogP contribution in [0.2, 0.25) is 0 Å².